The zero-order valence-corrected chi connectivity index (χ0v) is 14.5. The Hall–Kier alpha value is -2.70. The van der Waals surface area contributed by atoms with Gasteiger partial charge in [-0.1, -0.05) is 12.1 Å². The van der Waals surface area contributed by atoms with Crippen molar-refractivity contribution in [1.29, 1.82) is 0 Å². The number of methoxy groups -OCH3 is 1. The molecule has 0 aliphatic rings. The van der Waals surface area contributed by atoms with Crippen LogP contribution in [0.4, 0.5) is 13.2 Å². The fourth-order valence-electron chi connectivity index (χ4n) is 2.37. The summed E-state index contributed by atoms with van der Waals surface area (Å²) >= 11 is 0. The van der Waals surface area contributed by atoms with Crippen molar-refractivity contribution in [3.8, 4) is 11.5 Å². The van der Waals surface area contributed by atoms with Crippen molar-refractivity contribution in [3.63, 3.8) is 0 Å². The summed E-state index contributed by atoms with van der Waals surface area (Å²) < 4.78 is 48.2. The second-order valence-corrected chi connectivity index (χ2v) is 5.50. The molecule has 0 heterocycles. The predicted molar refractivity (Wildman–Crippen MR) is 91.6 cm³/mol. The number of nitrogens with one attached hydrogen (secondary N) is 1. The Morgan fingerprint density at radius 3 is 2.35 bits per heavy atom. The smallest absolute Gasteiger partial charge is 0.416 e. The van der Waals surface area contributed by atoms with Gasteiger partial charge in [0, 0.05) is 12.1 Å². The van der Waals surface area contributed by atoms with Crippen molar-refractivity contribution in [2.75, 3.05) is 20.3 Å². The number of rotatable bonds is 7. The molecular weight excluding hydrogens is 347 g/mol. The van der Waals surface area contributed by atoms with Crippen molar-refractivity contribution >= 4 is 5.91 Å². The van der Waals surface area contributed by atoms with E-state index in [1.165, 1.54) is 19.2 Å². The van der Waals surface area contributed by atoms with Crippen LogP contribution in [0.25, 0.3) is 0 Å². The van der Waals surface area contributed by atoms with E-state index in [9.17, 15) is 18.0 Å². The van der Waals surface area contributed by atoms with Gasteiger partial charge < -0.3 is 14.8 Å². The Bertz CT molecular complexity index is 743. The lowest BCUT2D eigenvalue weighted by molar-refractivity contribution is -0.137. The van der Waals surface area contributed by atoms with Gasteiger partial charge in [0.1, 0.15) is 0 Å². The predicted octanol–water partition coefficient (Wildman–Crippen LogP) is 4.09. The third-order valence-electron chi connectivity index (χ3n) is 3.71. The number of carbonyl (C=O) groups is 1. The van der Waals surface area contributed by atoms with Crippen LogP contribution in [0.15, 0.2) is 42.5 Å². The van der Waals surface area contributed by atoms with E-state index in [1.807, 2.05) is 6.92 Å². The van der Waals surface area contributed by atoms with E-state index in [1.54, 1.807) is 18.2 Å². The van der Waals surface area contributed by atoms with E-state index in [2.05, 4.69) is 5.32 Å². The fraction of sp³-hybridized carbons (Fsp3) is 0.316. The molecule has 0 unspecified atom stereocenters. The maximum Gasteiger partial charge on any atom is 0.416 e. The topological polar surface area (TPSA) is 47.6 Å². The molecule has 0 aliphatic carbocycles. The van der Waals surface area contributed by atoms with E-state index in [4.69, 9.17) is 9.47 Å². The van der Waals surface area contributed by atoms with Crippen LogP contribution >= 0.6 is 0 Å². The summed E-state index contributed by atoms with van der Waals surface area (Å²) in [5.74, 6) is 0.721. The van der Waals surface area contributed by atoms with Gasteiger partial charge in [0.05, 0.1) is 19.3 Å². The van der Waals surface area contributed by atoms with Crippen molar-refractivity contribution in [2.45, 2.75) is 19.5 Å². The molecule has 0 radical (unpaired) electrons. The molecule has 0 saturated heterocycles. The van der Waals surface area contributed by atoms with Crippen LogP contribution in [0.2, 0.25) is 0 Å². The van der Waals surface area contributed by atoms with Crippen molar-refractivity contribution in [3.05, 3.63) is 59.2 Å². The summed E-state index contributed by atoms with van der Waals surface area (Å²) in [4.78, 5) is 12.2. The Morgan fingerprint density at radius 1 is 1.08 bits per heavy atom. The molecule has 0 aromatic heterocycles. The minimum absolute atomic E-state index is 0.291. The number of amides is 1. The number of hydrogen-bond acceptors (Lipinski definition) is 3. The second-order valence-electron chi connectivity index (χ2n) is 5.50. The SMILES string of the molecule is CCOc1cc(C(=O)NCCc2ccc(C(F)(F)F)cc2)ccc1OC. The first-order valence-corrected chi connectivity index (χ1v) is 8.10. The first kappa shape index (κ1) is 19.6. The summed E-state index contributed by atoms with van der Waals surface area (Å²) in [7, 11) is 1.52. The van der Waals surface area contributed by atoms with E-state index < -0.39 is 11.7 Å². The molecule has 1 amide bonds. The molecule has 0 saturated carbocycles. The monoisotopic (exact) mass is 367 g/mol. The van der Waals surface area contributed by atoms with Crippen molar-refractivity contribution in [2.24, 2.45) is 0 Å². The van der Waals surface area contributed by atoms with Crippen molar-refractivity contribution in [1.82, 2.24) is 5.32 Å². The lowest BCUT2D eigenvalue weighted by Crippen LogP contribution is -2.25. The molecule has 2 aromatic carbocycles. The van der Waals surface area contributed by atoms with Crippen LogP contribution in [0.3, 0.4) is 0 Å². The first-order valence-electron chi connectivity index (χ1n) is 8.10. The molecule has 0 bridgehead atoms. The van der Waals surface area contributed by atoms with Crippen LogP contribution in [0, 0.1) is 0 Å². The molecular formula is C19H20F3NO3. The maximum atomic E-state index is 12.5. The highest BCUT2D eigenvalue weighted by molar-refractivity contribution is 5.94. The molecule has 26 heavy (non-hydrogen) atoms. The molecule has 0 atom stereocenters. The Kier molecular flexibility index (Phi) is 6.49. The van der Waals surface area contributed by atoms with Gasteiger partial charge in [0.15, 0.2) is 11.5 Å². The van der Waals surface area contributed by atoms with Gasteiger partial charge in [-0.3, -0.25) is 4.79 Å². The summed E-state index contributed by atoms with van der Waals surface area (Å²) in [5, 5.41) is 2.74. The largest absolute Gasteiger partial charge is 0.493 e. The van der Waals surface area contributed by atoms with Crippen LogP contribution < -0.4 is 14.8 Å². The highest BCUT2D eigenvalue weighted by Gasteiger charge is 2.29. The highest BCUT2D eigenvalue weighted by Crippen LogP contribution is 2.29. The summed E-state index contributed by atoms with van der Waals surface area (Å²) in [5.41, 5.74) is 0.441. The van der Waals surface area contributed by atoms with Crippen LogP contribution in [-0.2, 0) is 12.6 Å². The Balaban J connectivity index is 1.93. The molecule has 2 aromatic rings. The summed E-state index contributed by atoms with van der Waals surface area (Å²) in [6.07, 6.45) is -3.92. The number of halogens is 3. The minimum atomic E-state index is -4.35. The van der Waals surface area contributed by atoms with Gasteiger partial charge >= 0.3 is 6.18 Å². The zero-order chi connectivity index (χ0) is 19.2. The highest BCUT2D eigenvalue weighted by atomic mass is 19.4. The molecule has 4 nitrogen and oxygen atoms in total. The average Bonchev–Trinajstić information content (AvgIpc) is 2.61. The molecule has 0 aliphatic heterocycles. The average molecular weight is 367 g/mol. The minimum Gasteiger partial charge on any atom is -0.493 e. The molecule has 140 valence electrons. The van der Waals surface area contributed by atoms with E-state index in [-0.39, 0.29) is 5.91 Å². The van der Waals surface area contributed by atoms with Crippen LogP contribution in [0.1, 0.15) is 28.4 Å². The lowest BCUT2D eigenvalue weighted by Gasteiger charge is -2.11. The molecule has 1 N–H and O–H groups in total. The molecule has 0 spiro atoms. The number of alkyl halides is 3. The molecule has 2 rings (SSSR count). The van der Waals surface area contributed by atoms with E-state index in [0.717, 1.165) is 12.1 Å². The van der Waals surface area contributed by atoms with Gasteiger partial charge in [0.2, 0.25) is 0 Å². The third-order valence-corrected chi connectivity index (χ3v) is 3.71. The second kappa shape index (κ2) is 8.60. The van der Waals surface area contributed by atoms with E-state index >= 15 is 0 Å². The standard InChI is InChI=1S/C19H20F3NO3/c1-3-26-17-12-14(6-9-16(17)25-2)18(24)23-11-10-13-4-7-15(8-5-13)19(20,21)22/h4-9,12H,3,10-11H2,1-2H3,(H,23,24). The van der Waals surface area contributed by atoms with Gasteiger partial charge in [-0.15, -0.1) is 0 Å². The fourth-order valence-corrected chi connectivity index (χ4v) is 2.37. The first-order chi connectivity index (χ1) is 12.3. The third kappa shape index (κ3) is 5.15. The van der Waals surface area contributed by atoms with Crippen LogP contribution in [0.5, 0.6) is 11.5 Å². The van der Waals surface area contributed by atoms with Gasteiger partial charge in [0.25, 0.3) is 5.91 Å². The number of ether oxygens (including phenoxy) is 2. The lowest BCUT2D eigenvalue weighted by atomic mass is 10.1. The quantitative estimate of drug-likeness (QED) is 0.802. The summed E-state index contributed by atoms with van der Waals surface area (Å²) in [6.45, 7) is 2.58. The number of benzene rings is 2. The van der Waals surface area contributed by atoms with Crippen LogP contribution in [-0.4, -0.2) is 26.2 Å². The molecule has 7 heteroatoms. The van der Waals surface area contributed by atoms with Gasteiger partial charge in [-0.25, -0.2) is 0 Å². The summed E-state index contributed by atoms with van der Waals surface area (Å²) in [6, 6.07) is 9.76. The normalized spacial score (nSPS) is 11.1. The number of carbonyl (C=O) groups excluding carboxylic acids is 1. The van der Waals surface area contributed by atoms with Crippen molar-refractivity contribution < 1.29 is 27.4 Å². The number of hydrogen-bond donors (Lipinski definition) is 1. The van der Waals surface area contributed by atoms with Gasteiger partial charge in [-0.2, -0.15) is 13.2 Å². The van der Waals surface area contributed by atoms with E-state index in [0.29, 0.717) is 42.2 Å². The molecule has 0 fully saturated rings. The maximum absolute atomic E-state index is 12.5. The van der Waals surface area contributed by atoms with Gasteiger partial charge in [-0.05, 0) is 49.2 Å². The Morgan fingerprint density at radius 2 is 1.77 bits per heavy atom. The zero-order valence-electron chi connectivity index (χ0n) is 14.5. The Labute approximate surface area is 149 Å².